The zero-order chi connectivity index (χ0) is 24.8. The Kier molecular flexibility index (Phi) is 6.17. The number of thioether (sulfide) groups is 1. The van der Waals surface area contributed by atoms with Crippen molar-refractivity contribution in [3.05, 3.63) is 42.5 Å². The number of hydrogen-bond acceptors (Lipinski definition) is 8. The van der Waals surface area contributed by atoms with Crippen molar-refractivity contribution in [3.8, 4) is 28.3 Å². The minimum atomic E-state index is -0.553. The van der Waals surface area contributed by atoms with E-state index in [-0.39, 0.29) is 16.8 Å². The van der Waals surface area contributed by atoms with E-state index in [1.807, 2.05) is 12.3 Å². The maximum atomic E-state index is 13.9. The maximum absolute atomic E-state index is 13.9. The van der Waals surface area contributed by atoms with Crippen molar-refractivity contribution in [2.45, 2.75) is 68.1 Å². The van der Waals surface area contributed by atoms with Crippen molar-refractivity contribution in [3.63, 3.8) is 0 Å². The molecule has 0 aliphatic carbocycles. The highest BCUT2D eigenvalue weighted by Gasteiger charge is 2.46. The summed E-state index contributed by atoms with van der Waals surface area (Å²) in [5.41, 5.74) is 2.10. The second-order valence-electron chi connectivity index (χ2n) is 10.4. The van der Waals surface area contributed by atoms with E-state index in [0.717, 1.165) is 18.7 Å². The molecule has 2 aliphatic heterocycles. The Morgan fingerprint density at radius 2 is 1.83 bits per heavy atom. The Labute approximate surface area is 209 Å². The quantitative estimate of drug-likeness (QED) is 0.376. The molecular formula is C26H31FN6OS. The molecule has 35 heavy (non-hydrogen) atoms. The van der Waals surface area contributed by atoms with Gasteiger partial charge in [0.25, 0.3) is 0 Å². The molecule has 3 aromatic rings. The molecule has 0 radical (unpaired) electrons. The number of halogens is 1. The van der Waals surface area contributed by atoms with Crippen LogP contribution in [0.3, 0.4) is 0 Å². The molecule has 2 aliphatic rings. The monoisotopic (exact) mass is 494 g/mol. The first-order valence-electron chi connectivity index (χ1n) is 11.9. The number of fused-ring (bicyclic) bond motifs is 2. The molecule has 1 unspecified atom stereocenters. The smallest absolute Gasteiger partial charge is 0.214 e. The molecule has 184 valence electrons. The Morgan fingerprint density at radius 3 is 2.46 bits per heavy atom. The van der Waals surface area contributed by atoms with E-state index in [0.29, 0.717) is 33.6 Å². The average Bonchev–Trinajstić information content (AvgIpc) is 2.82. The number of aromatic nitrogens is 4. The molecule has 2 saturated heterocycles. The first-order chi connectivity index (χ1) is 16.7. The zero-order valence-electron chi connectivity index (χ0n) is 20.5. The lowest BCUT2D eigenvalue weighted by molar-refractivity contribution is 0.0784. The molecule has 2 N–H and O–H groups in total. The molecule has 9 heteroatoms. The predicted octanol–water partition coefficient (Wildman–Crippen LogP) is 5.06. The Balaban J connectivity index is 1.36. The van der Waals surface area contributed by atoms with Crippen LogP contribution in [0.25, 0.3) is 22.5 Å². The summed E-state index contributed by atoms with van der Waals surface area (Å²) in [5.74, 6) is 0.528. The van der Waals surface area contributed by atoms with Crippen molar-refractivity contribution in [1.29, 1.82) is 0 Å². The van der Waals surface area contributed by atoms with Gasteiger partial charge in [0.15, 0.2) is 11.6 Å². The standard InChI is InChI=1S/C26H31FN6OS/c1-25-8-5-9-26(2,32-25)14-18(13-25)33(3)22-15-28-24(31-30-22)19-7-6-16(10-20(19)34)17-11-21(27)29-23(12-17)35-4/h6-7,10-12,15,18,32,34H,5,8-9,13-14H2,1-4H3/t18?,25-,26+. The van der Waals surface area contributed by atoms with Crippen LogP contribution in [0, 0.1) is 5.95 Å². The number of phenols is 1. The summed E-state index contributed by atoms with van der Waals surface area (Å²) >= 11 is 1.36. The van der Waals surface area contributed by atoms with Gasteiger partial charge in [0.2, 0.25) is 5.95 Å². The topological polar surface area (TPSA) is 87.1 Å². The van der Waals surface area contributed by atoms with Gasteiger partial charge in [-0.1, -0.05) is 6.07 Å². The van der Waals surface area contributed by atoms with E-state index in [9.17, 15) is 9.50 Å². The number of phenolic OH excluding ortho intramolecular Hbond substituents is 1. The summed E-state index contributed by atoms with van der Waals surface area (Å²) in [6.07, 6.45) is 9.32. The van der Waals surface area contributed by atoms with Crippen LogP contribution >= 0.6 is 11.8 Å². The van der Waals surface area contributed by atoms with E-state index in [4.69, 9.17) is 0 Å². The van der Waals surface area contributed by atoms with E-state index < -0.39 is 5.95 Å². The van der Waals surface area contributed by atoms with Crippen LogP contribution in [-0.4, -0.2) is 55.7 Å². The SMILES string of the molecule is CSc1cc(-c2ccc(-c3ncc(N(C)C4C[C@]5(C)CCC[C@](C)(C4)N5)nn3)c(O)c2)cc(F)n1. The molecular weight excluding hydrogens is 463 g/mol. The van der Waals surface area contributed by atoms with Gasteiger partial charge >= 0.3 is 0 Å². The van der Waals surface area contributed by atoms with Crippen molar-refractivity contribution in [1.82, 2.24) is 25.5 Å². The lowest BCUT2D eigenvalue weighted by Crippen LogP contribution is -2.66. The third-order valence-corrected chi connectivity index (χ3v) is 8.07. The normalized spacial score (nSPS) is 25.9. The van der Waals surface area contributed by atoms with Gasteiger partial charge in [-0.25, -0.2) is 9.97 Å². The first kappa shape index (κ1) is 23.9. The van der Waals surface area contributed by atoms with Crippen molar-refractivity contribution in [2.24, 2.45) is 0 Å². The fourth-order valence-corrected chi connectivity index (χ4v) is 6.22. The summed E-state index contributed by atoms with van der Waals surface area (Å²) in [7, 11) is 2.06. The lowest BCUT2D eigenvalue weighted by atomic mass is 9.69. The van der Waals surface area contributed by atoms with Crippen LogP contribution in [-0.2, 0) is 0 Å². The van der Waals surface area contributed by atoms with Gasteiger partial charge in [-0.15, -0.1) is 22.0 Å². The van der Waals surface area contributed by atoms with Crippen molar-refractivity contribution in [2.75, 3.05) is 18.2 Å². The fraction of sp³-hybridized carbons (Fsp3) is 0.462. The number of anilines is 1. The Bertz CT molecular complexity index is 1220. The number of hydrogen-bond donors (Lipinski definition) is 2. The molecule has 4 heterocycles. The fourth-order valence-electron chi connectivity index (χ4n) is 5.80. The van der Waals surface area contributed by atoms with Gasteiger partial charge in [0.1, 0.15) is 5.75 Å². The summed E-state index contributed by atoms with van der Waals surface area (Å²) in [6, 6.07) is 8.64. The molecule has 3 atom stereocenters. The third kappa shape index (κ3) is 4.84. The molecule has 0 amide bonds. The number of nitrogens with zero attached hydrogens (tertiary/aromatic N) is 5. The molecule has 2 fully saturated rings. The zero-order valence-corrected chi connectivity index (χ0v) is 21.4. The number of pyridine rings is 1. The molecule has 1 aromatic carbocycles. The molecule has 7 nitrogen and oxygen atoms in total. The van der Waals surface area contributed by atoms with Crippen LogP contribution in [0.2, 0.25) is 0 Å². The number of rotatable bonds is 5. The van der Waals surface area contributed by atoms with Gasteiger partial charge in [0.05, 0.1) is 16.8 Å². The highest BCUT2D eigenvalue weighted by Crippen LogP contribution is 2.42. The van der Waals surface area contributed by atoms with E-state index in [1.165, 1.54) is 37.1 Å². The molecule has 0 saturated carbocycles. The van der Waals surface area contributed by atoms with E-state index in [2.05, 4.69) is 51.3 Å². The predicted molar refractivity (Wildman–Crippen MR) is 137 cm³/mol. The summed E-state index contributed by atoms with van der Waals surface area (Å²) in [5, 5.41) is 23.9. The minimum absolute atomic E-state index is 0.0142. The van der Waals surface area contributed by atoms with Gasteiger partial charge in [-0.05, 0) is 81.5 Å². The Hall–Kier alpha value is -2.78. The molecule has 5 rings (SSSR count). The second-order valence-corrected chi connectivity index (χ2v) is 11.2. The van der Waals surface area contributed by atoms with Crippen LogP contribution in [0.4, 0.5) is 10.2 Å². The third-order valence-electron chi connectivity index (χ3n) is 7.44. The van der Waals surface area contributed by atoms with Gasteiger partial charge in [-0.3, -0.25) is 0 Å². The van der Waals surface area contributed by atoms with Gasteiger partial charge in [0, 0.05) is 30.2 Å². The average molecular weight is 495 g/mol. The van der Waals surface area contributed by atoms with Gasteiger partial charge in [-0.2, -0.15) is 4.39 Å². The largest absolute Gasteiger partial charge is 0.507 e. The minimum Gasteiger partial charge on any atom is -0.507 e. The molecule has 2 bridgehead atoms. The number of nitrogens with one attached hydrogen (secondary N) is 1. The van der Waals surface area contributed by atoms with Crippen LogP contribution in [0.15, 0.2) is 41.6 Å². The van der Waals surface area contributed by atoms with Crippen molar-refractivity contribution >= 4 is 17.6 Å². The number of aromatic hydroxyl groups is 1. The summed E-state index contributed by atoms with van der Waals surface area (Å²) in [6.45, 7) is 4.65. The highest BCUT2D eigenvalue weighted by atomic mass is 32.2. The first-order valence-corrected chi connectivity index (χ1v) is 13.2. The number of benzene rings is 1. The van der Waals surface area contributed by atoms with Crippen LogP contribution in [0.1, 0.15) is 46.0 Å². The highest BCUT2D eigenvalue weighted by molar-refractivity contribution is 7.98. The van der Waals surface area contributed by atoms with Crippen molar-refractivity contribution < 1.29 is 9.50 Å². The van der Waals surface area contributed by atoms with Crippen LogP contribution in [0.5, 0.6) is 5.75 Å². The van der Waals surface area contributed by atoms with Gasteiger partial charge < -0.3 is 15.3 Å². The maximum Gasteiger partial charge on any atom is 0.214 e. The lowest BCUT2D eigenvalue weighted by Gasteiger charge is -2.55. The molecule has 2 aromatic heterocycles. The van der Waals surface area contributed by atoms with E-state index in [1.54, 1.807) is 24.4 Å². The summed E-state index contributed by atoms with van der Waals surface area (Å²) in [4.78, 5) is 10.5. The number of piperidine rings is 2. The second kappa shape index (κ2) is 9.02. The summed E-state index contributed by atoms with van der Waals surface area (Å²) < 4.78 is 13.9. The van der Waals surface area contributed by atoms with Crippen LogP contribution < -0.4 is 10.2 Å². The Morgan fingerprint density at radius 1 is 1.09 bits per heavy atom. The van der Waals surface area contributed by atoms with E-state index >= 15 is 0 Å². The molecule has 0 spiro atoms.